The molecule has 0 N–H and O–H groups in total. The third kappa shape index (κ3) is 3.12. The molecule has 0 aliphatic heterocycles. The molecule has 0 saturated heterocycles. The van der Waals surface area contributed by atoms with Gasteiger partial charge in [-0.1, -0.05) is 43.3 Å². The first-order chi connectivity index (χ1) is 10.1. The van der Waals surface area contributed by atoms with Crippen molar-refractivity contribution in [2.24, 2.45) is 5.92 Å². The lowest BCUT2D eigenvalue weighted by Gasteiger charge is -2.30. The van der Waals surface area contributed by atoms with Crippen LogP contribution in [0.2, 0.25) is 0 Å². The Hall–Kier alpha value is -2.17. The number of ether oxygens (including phenoxy) is 1. The van der Waals surface area contributed by atoms with Gasteiger partial charge in [-0.25, -0.2) is 4.79 Å². The Morgan fingerprint density at radius 3 is 2.62 bits per heavy atom. The lowest BCUT2D eigenvalue weighted by atomic mass is 9.74. The first-order valence-corrected chi connectivity index (χ1v) is 7.11. The van der Waals surface area contributed by atoms with Crippen LogP contribution in [0, 0.1) is 16.0 Å². The van der Waals surface area contributed by atoms with Crippen molar-refractivity contribution in [3.8, 4) is 0 Å². The molecule has 1 aliphatic rings. The van der Waals surface area contributed by atoms with E-state index in [2.05, 4.69) is 0 Å². The van der Waals surface area contributed by atoms with E-state index >= 15 is 0 Å². The highest BCUT2D eigenvalue weighted by molar-refractivity contribution is 5.90. The number of nitrogens with zero attached hydrogens (tertiary/aromatic N) is 1. The summed E-state index contributed by atoms with van der Waals surface area (Å²) in [5, 5.41) is 11.5. The van der Waals surface area contributed by atoms with E-state index in [1.807, 2.05) is 37.3 Å². The van der Waals surface area contributed by atoms with Crippen molar-refractivity contribution in [1.82, 2.24) is 0 Å². The summed E-state index contributed by atoms with van der Waals surface area (Å²) in [7, 11) is 0. The second-order valence-corrected chi connectivity index (χ2v) is 5.26. The first-order valence-electron chi connectivity index (χ1n) is 7.11. The van der Waals surface area contributed by atoms with Crippen LogP contribution >= 0.6 is 0 Å². The van der Waals surface area contributed by atoms with Gasteiger partial charge >= 0.3 is 5.97 Å². The molecule has 0 saturated carbocycles. The van der Waals surface area contributed by atoms with E-state index in [-0.39, 0.29) is 17.4 Å². The van der Waals surface area contributed by atoms with Crippen molar-refractivity contribution in [2.75, 3.05) is 6.61 Å². The fraction of sp³-hybridized carbons (Fsp3) is 0.438. The number of nitro groups is 1. The van der Waals surface area contributed by atoms with Crippen molar-refractivity contribution in [2.45, 2.75) is 32.2 Å². The number of benzene rings is 1. The van der Waals surface area contributed by atoms with Gasteiger partial charge in [0.1, 0.15) is 0 Å². The van der Waals surface area contributed by atoms with Gasteiger partial charge in [0.2, 0.25) is 6.04 Å². The summed E-state index contributed by atoms with van der Waals surface area (Å²) < 4.78 is 5.07. The zero-order valence-corrected chi connectivity index (χ0v) is 12.2. The van der Waals surface area contributed by atoms with Crippen LogP contribution < -0.4 is 0 Å². The molecule has 5 nitrogen and oxygen atoms in total. The summed E-state index contributed by atoms with van der Waals surface area (Å²) in [5.74, 6) is -1.13. The highest BCUT2D eigenvalue weighted by Crippen LogP contribution is 2.39. The van der Waals surface area contributed by atoms with E-state index in [1.165, 1.54) is 0 Å². The summed E-state index contributed by atoms with van der Waals surface area (Å²) in [6.45, 7) is 3.84. The van der Waals surface area contributed by atoms with Gasteiger partial charge in [-0.3, -0.25) is 10.1 Å². The lowest BCUT2D eigenvalue weighted by Crippen LogP contribution is -2.39. The standard InChI is InChI=1S/C16H19NO4/c1-3-21-16(18)13-10-9-11(2)15(17(19)20)14(13)12-7-5-4-6-8-12/h4-8,10-11,14-15H,3,9H2,1-2H3/t11-,14+,15+/m1/s1. The summed E-state index contributed by atoms with van der Waals surface area (Å²) >= 11 is 0. The Bertz CT molecular complexity index is 553. The molecule has 0 fully saturated rings. The Balaban J connectivity index is 2.47. The molecule has 0 heterocycles. The van der Waals surface area contributed by atoms with Crippen LogP contribution in [-0.4, -0.2) is 23.5 Å². The van der Waals surface area contributed by atoms with Gasteiger partial charge in [0.05, 0.1) is 12.5 Å². The fourth-order valence-corrected chi connectivity index (χ4v) is 2.88. The normalized spacial score (nSPS) is 25.0. The van der Waals surface area contributed by atoms with Crippen LogP contribution in [0.25, 0.3) is 0 Å². The molecule has 112 valence electrons. The number of allylic oxidation sites excluding steroid dienone is 1. The minimum absolute atomic E-state index is 0.122. The van der Waals surface area contributed by atoms with Crippen molar-refractivity contribution >= 4 is 5.97 Å². The van der Waals surface area contributed by atoms with Crippen LogP contribution in [0.5, 0.6) is 0 Å². The zero-order chi connectivity index (χ0) is 15.4. The van der Waals surface area contributed by atoms with Crippen LogP contribution in [0.3, 0.4) is 0 Å². The molecule has 1 aromatic rings. The fourth-order valence-electron chi connectivity index (χ4n) is 2.88. The molecule has 0 unspecified atom stereocenters. The highest BCUT2D eigenvalue weighted by Gasteiger charge is 2.44. The number of carbonyl (C=O) groups excluding carboxylic acids is 1. The van der Waals surface area contributed by atoms with Crippen molar-refractivity contribution < 1.29 is 14.5 Å². The van der Waals surface area contributed by atoms with Crippen LogP contribution in [0.15, 0.2) is 42.0 Å². The predicted molar refractivity (Wildman–Crippen MR) is 78.5 cm³/mol. The van der Waals surface area contributed by atoms with Crippen LogP contribution in [-0.2, 0) is 9.53 Å². The number of hydrogen-bond acceptors (Lipinski definition) is 4. The van der Waals surface area contributed by atoms with Gasteiger partial charge in [0.15, 0.2) is 0 Å². The molecule has 21 heavy (non-hydrogen) atoms. The van der Waals surface area contributed by atoms with Crippen molar-refractivity contribution in [3.05, 3.63) is 57.7 Å². The molecule has 5 heteroatoms. The SMILES string of the molecule is CCOC(=O)C1=CC[C@@H](C)[C@H]([N+](=O)[O-])[C@H]1c1ccccc1. The minimum Gasteiger partial charge on any atom is -0.463 e. The summed E-state index contributed by atoms with van der Waals surface area (Å²) in [5.41, 5.74) is 1.19. The van der Waals surface area contributed by atoms with Gasteiger partial charge in [-0.2, -0.15) is 0 Å². The Kier molecular flexibility index (Phi) is 4.73. The Labute approximate surface area is 123 Å². The quantitative estimate of drug-likeness (QED) is 0.485. The Morgan fingerprint density at radius 1 is 1.38 bits per heavy atom. The number of esters is 1. The molecule has 0 radical (unpaired) electrons. The Morgan fingerprint density at radius 2 is 2.05 bits per heavy atom. The van der Waals surface area contributed by atoms with Crippen LogP contribution in [0.1, 0.15) is 31.7 Å². The number of hydrogen-bond donors (Lipinski definition) is 0. The van der Waals surface area contributed by atoms with E-state index in [0.29, 0.717) is 12.0 Å². The number of carbonyl (C=O) groups is 1. The van der Waals surface area contributed by atoms with Crippen molar-refractivity contribution in [3.63, 3.8) is 0 Å². The molecule has 1 aromatic carbocycles. The molecule has 0 bridgehead atoms. The third-order valence-corrected chi connectivity index (χ3v) is 3.88. The van der Waals surface area contributed by atoms with Crippen LogP contribution in [0.4, 0.5) is 0 Å². The van der Waals surface area contributed by atoms with E-state index in [4.69, 9.17) is 4.74 Å². The molecular weight excluding hydrogens is 270 g/mol. The summed E-state index contributed by atoms with van der Waals surface area (Å²) in [4.78, 5) is 23.4. The van der Waals surface area contributed by atoms with E-state index in [1.54, 1.807) is 13.0 Å². The highest BCUT2D eigenvalue weighted by atomic mass is 16.6. The van der Waals surface area contributed by atoms with E-state index < -0.39 is 17.9 Å². The summed E-state index contributed by atoms with van der Waals surface area (Å²) in [6, 6.07) is 8.35. The van der Waals surface area contributed by atoms with E-state index in [0.717, 1.165) is 5.56 Å². The maximum Gasteiger partial charge on any atom is 0.334 e. The van der Waals surface area contributed by atoms with Gasteiger partial charge in [-0.05, 0) is 18.9 Å². The second-order valence-electron chi connectivity index (χ2n) is 5.26. The van der Waals surface area contributed by atoms with E-state index in [9.17, 15) is 14.9 Å². The second kappa shape index (κ2) is 6.52. The largest absolute Gasteiger partial charge is 0.463 e. The maximum atomic E-state index is 12.1. The molecule has 0 amide bonds. The third-order valence-electron chi connectivity index (χ3n) is 3.88. The average Bonchev–Trinajstić information content (AvgIpc) is 2.47. The summed E-state index contributed by atoms with van der Waals surface area (Å²) in [6.07, 6.45) is 2.31. The smallest absolute Gasteiger partial charge is 0.334 e. The zero-order valence-electron chi connectivity index (χ0n) is 12.2. The lowest BCUT2D eigenvalue weighted by molar-refractivity contribution is -0.534. The molecular formula is C16H19NO4. The average molecular weight is 289 g/mol. The number of rotatable bonds is 4. The monoisotopic (exact) mass is 289 g/mol. The molecule has 3 atom stereocenters. The van der Waals surface area contributed by atoms with Gasteiger partial charge in [0, 0.05) is 16.4 Å². The predicted octanol–water partition coefficient (Wildman–Crippen LogP) is 2.94. The molecule has 0 aromatic heterocycles. The van der Waals surface area contributed by atoms with Gasteiger partial charge in [-0.15, -0.1) is 0 Å². The first kappa shape index (κ1) is 15.2. The molecule has 1 aliphatic carbocycles. The van der Waals surface area contributed by atoms with Gasteiger partial charge < -0.3 is 4.74 Å². The van der Waals surface area contributed by atoms with Gasteiger partial charge in [0.25, 0.3) is 0 Å². The van der Waals surface area contributed by atoms with Crippen molar-refractivity contribution in [1.29, 1.82) is 0 Å². The molecule has 0 spiro atoms. The minimum atomic E-state index is -0.809. The topological polar surface area (TPSA) is 69.4 Å². The maximum absolute atomic E-state index is 12.1. The molecule has 2 rings (SSSR count).